The van der Waals surface area contributed by atoms with E-state index in [0.29, 0.717) is 29.3 Å². The molecular weight excluding hydrogens is 420 g/mol. The zero-order valence-corrected chi connectivity index (χ0v) is 18.8. The molecule has 0 aliphatic heterocycles. The highest BCUT2D eigenvalue weighted by Gasteiger charge is 2.09. The summed E-state index contributed by atoms with van der Waals surface area (Å²) in [4.78, 5) is 35.6. The molecule has 0 aliphatic carbocycles. The summed E-state index contributed by atoms with van der Waals surface area (Å²) in [6.07, 6.45) is 0. The number of rotatable bonds is 8. The van der Waals surface area contributed by atoms with Crippen molar-refractivity contribution in [3.8, 4) is 11.5 Å². The number of anilines is 1. The number of benzene rings is 3. The van der Waals surface area contributed by atoms with Crippen LogP contribution in [-0.4, -0.2) is 24.4 Å². The van der Waals surface area contributed by atoms with Gasteiger partial charge in [-0.2, -0.15) is 0 Å². The smallest absolute Gasteiger partial charge is 0.308 e. The molecule has 0 fully saturated rings. The van der Waals surface area contributed by atoms with Crippen LogP contribution in [0.4, 0.5) is 5.69 Å². The van der Waals surface area contributed by atoms with Gasteiger partial charge >= 0.3 is 5.97 Å². The highest BCUT2D eigenvalue weighted by molar-refractivity contribution is 5.94. The van der Waals surface area contributed by atoms with E-state index in [1.54, 1.807) is 30.3 Å². The molecule has 0 radical (unpaired) electrons. The van der Waals surface area contributed by atoms with Crippen molar-refractivity contribution in [2.24, 2.45) is 0 Å². The number of carbonyl (C=O) groups excluding carboxylic acids is 3. The average Bonchev–Trinajstić information content (AvgIpc) is 2.79. The van der Waals surface area contributed by atoms with Gasteiger partial charge in [-0.3, -0.25) is 14.4 Å². The quantitative estimate of drug-likeness (QED) is 0.400. The Hall–Kier alpha value is -4.13. The molecule has 0 aromatic heterocycles. The lowest BCUT2D eigenvalue weighted by Crippen LogP contribution is -2.23. The molecule has 0 saturated carbocycles. The maximum atomic E-state index is 12.4. The molecule has 0 aliphatic rings. The van der Waals surface area contributed by atoms with Gasteiger partial charge in [0.25, 0.3) is 11.8 Å². The van der Waals surface area contributed by atoms with Crippen molar-refractivity contribution in [1.29, 1.82) is 0 Å². The van der Waals surface area contributed by atoms with Crippen LogP contribution in [0.5, 0.6) is 11.5 Å². The second-order valence-corrected chi connectivity index (χ2v) is 7.58. The van der Waals surface area contributed by atoms with Crippen LogP contribution in [0.2, 0.25) is 0 Å². The maximum Gasteiger partial charge on any atom is 0.308 e. The second kappa shape index (κ2) is 10.9. The molecule has 2 N–H and O–H groups in total. The van der Waals surface area contributed by atoms with Crippen molar-refractivity contribution in [3.63, 3.8) is 0 Å². The Kier molecular flexibility index (Phi) is 7.81. The van der Waals surface area contributed by atoms with E-state index < -0.39 is 5.97 Å². The monoisotopic (exact) mass is 446 g/mol. The highest BCUT2D eigenvalue weighted by atomic mass is 16.5. The van der Waals surface area contributed by atoms with E-state index in [-0.39, 0.29) is 18.4 Å². The first kappa shape index (κ1) is 23.5. The van der Waals surface area contributed by atoms with E-state index >= 15 is 0 Å². The fourth-order valence-corrected chi connectivity index (χ4v) is 3.01. The van der Waals surface area contributed by atoms with E-state index in [1.807, 2.05) is 44.2 Å². The van der Waals surface area contributed by atoms with Crippen molar-refractivity contribution in [1.82, 2.24) is 5.32 Å². The van der Waals surface area contributed by atoms with E-state index in [4.69, 9.17) is 9.47 Å². The van der Waals surface area contributed by atoms with Gasteiger partial charge in [-0.15, -0.1) is 0 Å². The van der Waals surface area contributed by atoms with Gasteiger partial charge in [-0.1, -0.05) is 24.3 Å². The molecule has 3 aromatic carbocycles. The predicted octanol–water partition coefficient (Wildman–Crippen LogP) is 4.18. The fraction of sp³-hybridized carbons (Fsp3) is 0.192. The van der Waals surface area contributed by atoms with E-state index in [0.717, 1.165) is 11.1 Å². The predicted molar refractivity (Wildman–Crippen MR) is 125 cm³/mol. The van der Waals surface area contributed by atoms with Crippen molar-refractivity contribution < 1.29 is 23.9 Å². The number of esters is 1. The van der Waals surface area contributed by atoms with Gasteiger partial charge in [0.05, 0.1) is 0 Å². The summed E-state index contributed by atoms with van der Waals surface area (Å²) in [6, 6.07) is 19.3. The van der Waals surface area contributed by atoms with Gasteiger partial charge in [0.15, 0.2) is 6.61 Å². The van der Waals surface area contributed by atoms with E-state index in [1.165, 1.54) is 18.6 Å². The minimum atomic E-state index is -0.448. The van der Waals surface area contributed by atoms with Gasteiger partial charge in [-0.25, -0.2) is 0 Å². The molecule has 3 rings (SSSR count). The first-order chi connectivity index (χ1) is 15.8. The SMILES string of the molecule is CC(=O)Oc1cccc(C(=O)NCc2ccc(NC(=O)COc3ccc(C)c(C)c3)cc2)c1. The Bertz CT molecular complexity index is 1160. The van der Waals surface area contributed by atoms with Crippen molar-refractivity contribution in [2.45, 2.75) is 27.3 Å². The fourth-order valence-electron chi connectivity index (χ4n) is 3.01. The topological polar surface area (TPSA) is 93.7 Å². The van der Waals surface area contributed by atoms with Gasteiger partial charge in [0, 0.05) is 24.7 Å². The number of nitrogens with one attached hydrogen (secondary N) is 2. The van der Waals surface area contributed by atoms with Crippen LogP contribution >= 0.6 is 0 Å². The third-order valence-corrected chi connectivity index (χ3v) is 4.90. The third-order valence-electron chi connectivity index (χ3n) is 4.90. The van der Waals surface area contributed by atoms with Crippen LogP contribution in [0.1, 0.15) is 34.0 Å². The Morgan fingerprint density at radius 2 is 1.61 bits per heavy atom. The molecule has 0 atom stereocenters. The number of hydrogen-bond acceptors (Lipinski definition) is 5. The van der Waals surface area contributed by atoms with Crippen molar-refractivity contribution >= 4 is 23.5 Å². The lowest BCUT2D eigenvalue weighted by Gasteiger charge is -2.10. The summed E-state index contributed by atoms with van der Waals surface area (Å²) in [5, 5.41) is 5.60. The number of carbonyl (C=O) groups is 3. The molecule has 0 saturated heterocycles. The number of ether oxygens (including phenoxy) is 2. The summed E-state index contributed by atoms with van der Waals surface area (Å²) in [6.45, 7) is 5.53. The van der Waals surface area contributed by atoms with Gasteiger partial charge in [0.1, 0.15) is 11.5 Å². The summed E-state index contributed by atoms with van der Waals surface area (Å²) < 4.78 is 10.6. The van der Waals surface area contributed by atoms with Crippen LogP contribution in [0.15, 0.2) is 66.7 Å². The van der Waals surface area contributed by atoms with Gasteiger partial charge in [-0.05, 0) is 73.0 Å². The van der Waals surface area contributed by atoms with Crippen LogP contribution in [-0.2, 0) is 16.1 Å². The Balaban J connectivity index is 1.47. The molecule has 0 bridgehead atoms. The summed E-state index contributed by atoms with van der Waals surface area (Å²) >= 11 is 0. The van der Waals surface area contributed by atoms with Gasteiger partial charge in [0.2, 0.25) is 0 Å². The Labute approximate surface area is 192 Å². The molecular formula is C26H26N2O5. The molecule has 0 unspecified atom stereocenters. The van der Waals surface area contributed by atoms with Crippen LogP contribution in [0, 0.1) is 13.8 Å². The normalized spacial score (nSPS) is 10.3. The molecule has 33 heavy (non-hydrogen) atoms. The molecule has 0 heterocycles. The van der Waals surface area contributed by atoms with E-state index in [2.05, 4.69) is 10.6 Å². The first-order valence-electron chi connectivity index (χ1n) is 10.5. The zero-order chi connectivity index (χ0) is 23.8. The van der Waals surface area contributed by atoms with Crippen LogP contribution < -0.4 is 20.1 Å². The molecule has 3 aromatic rings. The van der Waals surface area contributed by atoms with E-state index in [9.17, 15) is 14.4 Å². The number of amides is 2. The molecule has 170 valence electrons. The lowest BCUT2D eigenvalue weighted by molar-refractivity contribution is -0.131. The zero-order valence-electron chi connectivity index (χ0n) is 18.8. The van der Waals surface area contributed by atoms with Crippen LogP contribution in [0.3, 0.4) is 0 Å². The minimum absolute atomic E-state index is 0.0906. The number of hydrogen-bond donors (Lipinski definition) is 2. The minimum Gasteiger partial charge on any atom is -0.484 e. The molecule has 7 nitrogen and oxygen atoms in total. The average molecular weight is 447 g/mol. The Morgan fingerprint density at radius 1 is 0.848 bits per heavy atom. The Morgan fingerprint density at radius 3 is 2.30 bits per heavy atom. The molecule has 2 amide bonds. The summed E-state index contributed by atoms with van der Waals surface area (Å²) in [7, 11) is 0. The van der Waals surface area contributed by atoms with Crippen molar-refractivity contribution in [2.75, 3.05) is 11.9 Å². The highest BCUT2D eigenvalue weighted by Crippen LogP contribution is 2.17. The largest absolute Gasteiger partial charge is 0.484 e. The summed E-state index contributed by atoms with van der Waals surface area (Å²) in [5.74, 6) is -0.0298. The lowest BCUT2D eigenvalue weighted by atomic mass is 10.1. The maximum absolute atomic E-state index is 12.4. The second-order valence-electron chi connectivity index (χ2n) is 7.58. The van der Waals surface area contributed by atoms with Gasteiger partial charge < -0.3 is 20.1 Å². The third kappa shape index (κ3) is 7.21. The summed E-state index contributed by atoms with van der Waals surface area (Å²) in [5.41, 5.74) is 4.16. The number of aryl methyl sites for hydroxylation is 2. The first-order valence-corrected chi connectivity index (χ1v) is 10.5. The van der Waals surface area contributed by atoms with Crippen LogP contribution in [0.25, 0.3) is 0 Å². The molecule has 7 heteroatoms. The van der Waals surface area contributed by atoms with Crippen molar-refractivity contribution in [3.05, 3.63) is 89.0 Å². The standard InChI is InChI=1S/C26H26N2O5/c1-17-7-12-23(13-18(17)2)32-16-25(30)28-22-10-8-20(9-11-22)15-27-26(31)21-5-4-6-24(14-21)33-19(3)29/h4-14H,15-16H2,1-3H3,(H,27,31)(H,28,30). The molecule has 0 spiro atoms.